The number of para-hydroxylation sites is 1. The van der Waals surface area contributed by atoms with Crippen LogP contribution in [0.5, 0.6) is 11.5 Å². The molecule has 1 unspecified atom stereocenters. The van der Waals surface area contributed by atoms with Gasteiger partial charge in [0.15, 0.2) is 5.75 Å². The van der Waals surface area contributed by atoms with E-state index in [1.807, 2.05) is 0 Å². The molecule has 0 aliphatic carbocycles. The predicted molar refractivity (Wildman–Crippen MR) is 93.8 cm³/mol. The zero-order chi connectivity index (χ0) is 17.4. The standard InChI is InChI=1S/C13H8Cl5O4P/c1-6-4-2-3-5-7(6)21-23(19,20)22-13-11(17)9(15)8(14)10(16)12(13)18/h2-5H,1H3,(H,19,20). The normalized spacial score (nSPS) is 13.5. The molecule has 1 N–H and O–H groups in total. The van der Waals surface area contributed by atoms with Crippen molar-refractivity contribution in [1.82, 2.24) is 0 Å². The molecule has 0 spiro atoms. The number of hydrogen-bond donors (Lipinski definition) is 1. The van der Waals surface area contributed by atoms with Gasteiger partial charge in [-0.1, -0.05) is 76.2 Å². The zero-order valence-corrected chi connectivity index (χ0v) is 16.0. The summed E-state index contributed by atoms with van der Waals surface area (Å²) in [6.07, 6.45) is 0. The molecule has 2 aromatic rings. The van der Waals surface area contributed by atoms with Crippen molar-refractivity contribution < 1.29 is 18.5 Å². The van der Waals surface area contributed by atoms with Gasteiger partial charge in [0.1, 0.15) is 15.8 Å². The average Bonchev–Trinajstić information content (AvgIpc) is 2.50. The van der Waals surface area contributed by atoms with E-state index in [1.54, 1.807) is 25.1 Å². The van der Waals surface area contributed by atoms with E-state index < -0.39 is 13.6 Å². The van der Waals surface area contributed by atoms with Gasteiger partial charge in [0.25, 0.3) is 0 Å². The number of hydrogen-bond acceptors (Lipinski definition) is 3. The number of halogens is 5. The van der Waals surface area contributed by atoms with E-state index in [4.69, 9.17) is 67.1 Å². The molecule has 124 valence electrons. The number of aryl methyl sites for hydroxylation is 1. The molecule has 4 nitrogen and oxygen atoms in total. The number of phosphoric ester groups is 1. The first-order chi connectivity index (χ1) is 10.6. The first-order valence-corrected chi connectivity index (χ1v) is 9.31. The van der Waals surface area contributed by atoms with Crippen LogP contribution in [0, 0.1) is 6.92 Å². The molecule has 23 heavy (non-hydrogen) atoms. The average molecular weight is 436 g/mol. The van der Waals surface area contributed by atoms with Crippen molar-refractivity contribution in [2.45, 2.75) is 6.92 Å². The lowest BCUT2D eigenvalue weighted by atomic mass is 10.2. The third kappa shape index (κ3) is 4.21. The summed E-state index contributed by atoms with van der Waals surface area (Å²) in [6, 6.07) is 6.59. The number of rotatable bonds is 4. The maximum Gasteiger partial charge on any atom is 0.585 e. The van der Waals surface area contributed by atoms with Crippen molar-refractivity contribution in [3.63, 3.8) is 0 Å². The Morgan fingerprint density at radius 3 is 1.87 bits per heavy atom. The first kappa shape index (κ1) is 19.0. The van der Waals surface area contributed by atoms with Gasteiger partial charge in [-0.2, -0.15) is 0 Å². The van der Waals surface area contributed by atoms with Crippen molar-refractivity contribution in [2.75, 3.05) is 0 Å². The highest BCUT2D eigenvalue weighted by molar-refractivity contribution is 7.48. The molecule has 10 heteroatoms. The topological polar surface area (TPSA) is 55.8 Å². The van der Waals surface area contributed by atoms with Crippen LogP contribution in [-0.2, 0) is 4.57 Å². The summed E-state index contributed by atoms with van der Waals surface area (Å²) in [5.74, 6) is -0.233. The summed E-state index contributed by atoms with van der Waals surface area (Å²) in [5, 5.41) is -0.923. The maximum atomic E-state index is 12.2. The van der Waals surface area contributed by atoms with Gasteiger partial charge in [-0.15, -0.1) is 0 Å². The van der Waals surface area contributed by atoms with Crippen LogP contribution < -0.4 is 9.05 Å². The van der Waals surface area contributed by atoms with E-state index in [0.717, 1.165) is 0 Å². The van der Waals surface area contributed by atoms with Crippen molar-refractivity contribution >= 4 is 65.8 Å². The Morgan fingerprint density at radius 1 is 0.870 bits per heavy atom. The molecule has 0 bridgehead atoms. The molecule has 2 aromatic carbocycles. The molecule has 0 saturated carbocycles. The summed E-state index contributed by atoms with van der Waals surface area (Å²) < 4.78 is 22.1. The first-order valence-electron chi connectivity index (χ1n) is 5.93. The Hall–Kier alpha value is -0.320. The second kappa shape index (κ2) is 7.28. The molecular weight excluding hydrogens is 428 g/mol. The van der Waals surface area contributed by atoms with E-state index in [-0.39, 0.29) is 30.9 Å². The van der Waals surface area contributed by atoms with Crippen LogP contribution in [0.3, 0.4) is 0 Å². The second-order valence-electron chi connectivity index (χ2n) is 4.32. The zero-order valence-electron chi connectivity index (χ0n) is 11.3. The van der Waals surface area contributed by atoms with Crippen molar-refractivity contribution in [3.8, 4) is 11.5 Å². The fourth-order valence-electron chi connectivity index (χ4n) is 1.58. The highest BCUT2D eigenvalue weighted by atomic mass is 35.5. The van der Waals surface area contributed by atoms with Crippen molar-refractivity contribution in [1.29, 1.82) is 0 Å². The molecule has 0 aliphatic heterocycles. The van der Waals surface area contributed by atoms with Gasteiger partial charge in [0.05, 0.1) is 15.1 Å². The summed E-state index contributed by atoms with van der Waals surface area (Å²) in [5.41, 5.74) is 0.634. The Labute approximate surface area is 157 Å². The summed E-state index contributed by atoms with van der Waals surface area (Å²) in [4.78, 5) is 9.92. The number of benzene rings is 2. The van der Waals surface area contributed by atoms with Gasteiger partial charge in [-0.25, -0.2) is 4.57 Å². The largest absolute Gasteiger partial charge is 0.585 e. The summed E-state index contributed by atoms with van der Waals surface area (Å²) >= 11 is 29.5. The molecule has 0 aliphatic rings. The van der Waals surface area contributed by atoms with Gasteiger partial charge in [-0.05, 0) is 18.6 Å². The quantitative estimate of drug-likeness (QED) is 0.325. The van der Waals surface area contributed by atoms with E-state index in [0.29, 0.717) is 5.56 Å². The fourth-order valence-corrected chi connectivity index (χ4v) is 3.79. The van der Waals surface area contributed by atoms with Gasteiger partial charge < -0.3 is 9.05 Å². The van der Waals surface area contributed by atoms with E-state index >= 15 is 0 Å². The monoisotopic (exact) mass is 434 g/mol. The summed E-state index contributed by atoms with van der Waals surface area (Å²) in [7, 11) is -4.60. The van der Waals surface area contributed by atoms with Crippen LogP contribution in [0.1, 0.15) is 5.56 Å². The lowest BCUT2D eigenvalue weighted by Crippen LogP contribution is -2.02. The third-order valence-corrected chi connectivity index (χ3v) is 5.77. The van der Waals surface area contributed by atoms with Gasteiger partial charge in [0.2, 0.25) is 0 Å². The van der Waals surface area contributed by atoms with Gasteiger partial charge in [-0.3, -0.25) is 4.89 Å². The molecule has 0 aromatic heterocycles. The number of phosphoric acid groups is 1. The second-order valence-corrected chi connectivity index (χ2v) is 7.51. The van der Waals surface area contributed by atoms with E-state index in [1.165, 1.54) is 6.07 Å². The van der Waals surface area contributed by atoms with E-state index in [2.05, 4.69) is 0 Å². The molecule has 0 fully saturated rings. The van der Waals surface area contributed by atoms with Gasteiger partial charge >= 0.3 is 7.82 Å². The smallest absolute Gasteiger partial charge is 0.395 e. The van der Waals surface area contributed by atoms with Crippen molar-refractivity contribution in [3.05, 3.63) is 54.9 Å². The molecule has 0 radical (unpaired) electrons. The van der Waals surface area contributed by atoms with Crippen LogP contribution in [0.15, 0.2) is 24.3 Å². The molecule has 0 saturated heterocycles. The highest BCUT2D eigenvalue weighted by Gasteiger charge is 2.31. The molecule has 0 amide bonds. The van der Waals surface area contributed by atoms with Gasteiger partial charge in [0, 0.05) is 0 Å². The molecular formula is C13H8Cl5O4P. The van der Waals surface area contributed by atoms with Crippen LogP contribution >= 0.6 is 65.8 Å². The lowest BCUT2D eigenvalue weighted by molar-refractivity contribution is 0.290. The predicted octanol–water partition coefficient (Wildman–Crippen LogP) is 6.82. The van der Waals surface area contributed by atoms with Crippen LogP contribution in [-0.4, -0.2) is 4.89 Å². The fraction of sp³-hybridized carbons (Fsp3) is 0.0769. The highest BCUT2D eigenvalue weighted by Crippen LogP contribution is 2.54. The maximum absolute atomic E-state index is 12.2. The van der Waals surface area contributed by atoms with Crippen LogP contribution in [0.2, 0.25) is 25.1 Å². The molecule has 1 atom stereocenters. The lowest BCUT2D eigenvalue weighted by Gasteiger charge is -2.18. The minimum absolute atomic E-state index is 0.0942. The molecule has 2 rings (SSSR count). The Kier molecular flexibility index (Phi) is 6.02. The molecule has 0 heterocycles. The Bertz CT molecular complexity index is 782. The van der Waals surface area contributed by atoms with Crippen molar-refractivity contribution in [2.24, 2.45) is 0 Å². The van der Waals surface area contributed by atoms with Crippen LogP contribution in [0.25, 0.3) is 0 Å². The summed E-state index contributed by atoms with van der Waals surface area (Å²) in [6.45, 7) is 1.70. The Balaban J connectivity index is 2.39. The van der Waals surface area contributed by atoms with Crippen LogP contribution in [0.4, 0.5) is 0 Å². The minimum Gasteiger partial charge on any atom is -0.395 e. The third-order valence-electron chi connectivity index (χ3n) is 2.68. The minimum atomic E-state index is -4.60. The van der Waals surface area contributed by atoms with E-state index in [9.17, 15) is 9.46 Å². The SMILES string of the molecule is Cc1ccccc1OP(=O)(O)Oc1c(Cl)c(Cl)c(Cl)c(Cl)c1Cl. The Morgan fingerprint density at radius 2 is 1.35 bits per heavy atom.